The minimum atomic E-state index is 0.226. The van der Waals surface area contributed by atoms with Gasteiger partial charge in [0.1, 0.15) is 11.5 Å². The molecule has 7 nitrogen and oxygen atoms in total. The Kier molecular flexibility index (Phi) is 6.37. The Bertz CT molecular complexity index is 866. The molecule has 2 aromatic carbocycles. The van der Waals surface area contributed by atoms with Gasteiger partial charge < -0.3 is 25.4 Å². The zero-order valence-electron chi connectivity index (χ0n) is 16.3. The molecule has 0 atom stereocenters. The molecule has 3 N–H and O–H groups in total. The number of ether oxygens (including phenoxy) is 2. The van der Waals surface area contributed by atoms with Crippen LogP contribution in [-0.4, -0.2) is 37.5 Å². The van der Waals surface area contributed by atoms with Crippen LogP contribution in [0.25, 0.3) is 0 Å². The number of methoxy groups -OCH3 is 2. The molecule has 0 aromatic heterocycles. The highest BCUT2D eigenvalue weighted by molar-refractivity contribution is 5.94. The molecule has 1 aliphatic heterocycles. The predicted octanol–water partition coefficient (Wildman–Crippen LogP) is 2.75. The van der Waals surface area contributed by atoms with Gasteiger partial charge in [0.25, 0.3) is 0 Å². The van der Waals surface area contributed by atoms with E-state index in [2.05, 4.69) is 16.4 Å². The normalized spacial score (nSPS) is 14.3. The summed E-state index contributed by atoms with van der Waals surface area (Å²) in [6.07, 6.45) is 1.60. The summed E-state index contributed by atoms with van der Waals surface area (Å²) >= 11 is 0. The summed E-state index contributed by atoms with van der Waals surface area (Å²) < 4.78 is 10.6. The first kappa shape index (κ1) is 19.5. The number of hydrogen-bond acceptors (Lipinski definition) is 4. The molecule has 1 fully saturated rings. The first-order valence-electron chi connectivity index (χ1n) is 9.23. The van der Waals surface area contributed by atoms with Crippen LogP contribution in [0.1, 0.15) is 24.0 Å². The van der Waals surface area contributed by atoms with E-state index in [0.717, 1.165) is 24.1 Å². The topological polar surface area (TPSA) is 89.2 Å². The van der Waals surface area contributed by atoms with Gasteiger partial charge in [0.15, 0.2) is 5.96 Å². The van der Waals surface area contributed by atoms with E-state index in [4.69, 9.17) is 15.2 Å². The number of benzene rings is 2. The molecule has 0 unspecified atom stereocenters. The second-order valence-corrected chi connectivity index (χ2v) is 6.63. The van der Waals surface area contributed by atoms with Gasteiger partial charge in [-0.1, -0.05) is 24.3 Å². The SMILES string of the molecule is COc1ccc(OC)c(NC(N)=NCc2cccc(CN3CCCC3=O)c2)c1. The number of hydrogen-bond donors (Lipinski definition) is 2. The number of nitrogens with two attached hydrogens (primary N) is 1. The third kappa shape index (κ3) is 4.94. The molecule has 1 heterocycles. The summed E-state index contributed by atoms with van der Waals surface area (Å²) in [5.41, 5.74) is 8.87. The average Bonchev–Trinajstić information content (AvgIpc) is 3.11. The highest BCUT2D eigenvalue weighted by atomic mass is 16.5. The second-order valence-electron chi connectivity index (χ2n) is 6.63. The molecule has 2 aromatic rings. The summed E-state index contributed by atoms with van der Waals surface area (Å²) in [6, 6.07) is 13.5. The Morgan fingerprint density at radius 1 is 1.18 bits per heavy atom. The molecule has 1 aliphatic rings. The summed E-state index contributed by atoms with van der Waals surface area (Å²) in [6.45, 7) is 1.92. The molecule has 0 spiro atoms. The molecular weight excluding hydrogens is 356 g/mol. The number of nitrogens with zero attached hydrogens (tertiary/aromatic N) is 2. The smallest absolute Gasteiger partial charge is 0.222 e. The minimum Gasteiger partial charge on any atom is -0.497 e. The van der Waals surface area contributed by atoms with Crippen LogP contribution in [0.2, 0.25) is 0 Å². The van der Waals surface area contributed by atoms with Gasteiger partial charge in [-0.2, -0.15) is 0 Å². The highest BCUT2D eigenvalue weighted by Crippen LogP contribution is 2.28. The van der Waals surface area contributed by atoms with Crippen molar-refractivity contribution in [3.63, 3.8) is 0 Å². The minimum absolute atomic E-state index is 0.226. The monoisotopic (exact) mass is 382 g/mol. The van der Waals surface area contributed by atoms with Crippen LogP contribution in [0.4, 0.5) is 5.69 Å². The van der Waals surface area contributed by atoms with Crippen molar-refractivity contribution in [2.75, 3.05) is 26.1 Å². The van der Waals surface area contributed by atoms with E-state index in [1.54, 1.807) is 26.4 Å². The number of aliphatic imine (C=N–C) groups is 1. The quantitative estimate of drug-likeness (QED) is 0.568. The van der Waals surface area contributed by atoms with Crippen molar-refractivity contribution >= 4 is 17.6 Å². The van der Waals surface area contributed by atoms with Gasteiger partial charge in [-0.15, -0.1) is 0 Å². The zero-order valence-corrected chi connectivity index (χ0v) is 16.3. The van der Waals surface area contributed by atoms with Crippen molar-refractivity contribution in [1.82, 2.24) is 4.90 Å². The number of nitrogens with one attached hydrogen (secondary N) is 1. The van der Waals surface area contributed by atoms with Gasteiger partial charge in [0.05, 0.1) is 26.5 Å². The lowest BCUT2D eigenvalue weighted by atomic mass is 10.1. The van der Waals surface area contributed by atoms with Crippen LogP contribution in [0, 0.1) is 0 Å². The van der Waals surface area contributed by atoms with Crippen molar-refractivity contribution in [3.05, 3.63) is 53.6 Å². The first-order valence-corrected chi connectivity index (χ1v) is 9.23. The van der Waals surface area contributed by atoms with E-state index in [-0.39, 0.29) is 11.9 Å². The Balaban J connectivity index is 1.65. The number of rotatable bonds is 7. The van der Waals surface area contributed by atoms with Gasteiger partial charge in [-0.05, 0) is 29.7 Å². The third-order valence-corrected chi connectivity index (χ3v) is 4.64. The molecule has 0 aliphatic carbocycles. The molecular formula is C21H26N4O3. The molecule has 1 saturated heterocycles. The Morgan fingerprint density at radius 2 is 2.00 bits per heavy atom. The fraction of sp³-hybridized carbons (Fsp3) is 0.333. The Labute approximate surface area is 165 Å². The fourth-order valence-corrected chi connectivity index (χ4v) is 3.18. The van der Waals surface area contributed by atoms with Crippen LogP contribution in [0.3, 0.4) is 0 Å². The van der Waals surface area contributed by atoms with E-state index >= 15 is 0 Å². The largest absolute Gasteiger partial charge is 0.497 e. The summed E-state index contributed by atoms with van der Waals surface area (Å²) in [5, 5.41) is 3.06. The lowest BCUT2D eigenvalue weighted by molar-refractivity contribution is -0.128. The molecule has 28 heavy (non-hydrogen) atoms. The number of carbonyl (C=O) groups excluding carboxylic acids is 1. The summed E-state index contributed by atoms with van der Waals surface area (Å²) in [4.78, 5) is 18.1. The molecule has 0 saturated carbocycles. The van der Waals surface area contributed by atoms with Crippen molar-refractivity contribution < 1.29 is 14.3 Å². The van der Waals surface area contributed by atoms with E-state index in [9.17, 15) is 4.79 Å². The fourth-order valence-electron chi connectivity index (χ4n) is 3.18. The number of anilines is 1. The maximum absolute atomic E-state index is 11.8. The van der Waals surface area contributed by atoms with Crippen LogP contribution >= 0.6 is 0 Å². The van der Waals surface area contributed by atoms with E-state index < -0.39 is 0 Å². The first-order chi connectivity index (χ1) is 13.6. The van der Waals surface area contributed by atoms with Crippen LogP contribution in [0.15, 0.2) is 47.5 Å². The lowest BCUT2D eigenvalue weighted by Crippen LogP contribution is -2.24. The van der Waals surface area contributed by atoms with Gasteiger partial charge in [-0.3, -0.25) is 4.79 Å². The average molecular weight is 382 g/mol. The maximum atomic E-state index is 11.8. The van der Waals surface area contributed by atoms with Crippen molar-refractivity contribution in [2.24, 2.45) is 10.7 Å². The molecule has 1 amide bonds. The summed E-state index contributed by atoms with van der Waals surface area (Å²) in [7, 11) is 3.20. The standard InChI is InChI=1S/C21H26N4O3/c1-27-17-8-9-19(28-2)18(12-17)24-21(22)23-13-15-5-3-6-16(11-15)14-25-10-4-7-20(25)26/h3,5-6,8-9,11-12H,4,7,10,13-14H2,1-2H3,(H3,22,23,24). The molecule has 0 radical (unpaired) electrons. The third-order valence-electron chi connectivity index (χ3n) is 4.64. The number of amides is 1. The lowest BCUT2D eigenvalue weighted by Gasteiger charge is -2.16. The molecule has 148 valence electrons. The number of likely N-dealkylation sites (tertiary alicyclic amines) is 1. The van der Waals surface area contributed by atoms with E-state index in [1.165, 1.54) is 0 Å². The van der Waals surface area contributed by atoms with Crippen molar-refractivity contribution in [2.45, 2.75) is 25.9 Å². The second kappa shape index (κ2) is 9.12. The molecule has 3 rings (SSSR count). The van der Waals surface area contributed by atoms with Crippen molar-refractivity contribution in [1.29, 1.82) is 0 Å². The van der Waals surface area contributed by atoms with E-state index in [1.807, 2.05) is 29.2 Å². The number of carbonyl (C=O) groups is 1. The number of guanidine groups is 1. The van der Waals surface area contributed by atoms with E-state index in [0.29, 0.717) is 36.7 Å². The van der Waals surface area contributed by atoms with Crippen LogP contribution in [0.5, 0.6) is 11.5 Å². The van der Waals surface area contributed by atoms with Gasteiger partial charge in [0.2, 0.25) is 5.91 Å². The molecule has 0 bridgehead atoms. The maximum Gasteiger partial charge on any atom is 0.222 e. The van der Waals surface area contributed by atoms with Crippen LogP contribution < -0.4 is 20.5 Å². The highest BCUT2D eigenvalue weighted by Gasteiger charge is 2.19. The predicted molar refractivity (Wildman–Crippen MR) is 110 cm³/mol. The van der Waals surface area contributed by atoms with Gasteiger partial charge >= 0.3 is 0 Å². The zero-order chi connectivity index (χ0) is 19.9. The van der Waals surface area contributed by atoms with Crippen LogP contribution in [-0.2, 0) is 17.9 Å². The Morgan fingerprint density at radius 3 is 2.71 bits per heavy atom. The molecule has 7 heteroatoms. The Hall–Kier alpha value is -3.22. The van der Waals surface area contributed by atoms with Gasteiger partial charge in [-0.25, -0.2) is 4.99 Å². The summed E-state index contributed by atoms with van der Waals surface area (Å²) in [5.74, 6) is 1.85. The van der Waals surface area contributed by atoms with Crippen molar-refractivity contribution in [3.8, 4) is 11.5 Å². The van der Waals surface area contributed by atoms with Gasteiger partial charge in [0, 0.05) is 25.6 Å².